The van der Waals surface area contributed by atoms with Crippen LogP contribution < -0.4 is 0 Å². The third kappa shape index (κ3) is 64.0. The highest BCUT2D eigenvalue weighted by atomic mass is 16.6. The smallest absolute Gasteiger partial charge is 0.306 e. The second kappa shape index (κ2) is 65.8. The summed E-state index contributed by atoms with van der Waals surface area (Å²) in [4.78, 5) is 38.2. The van der Waals surface area contributed by atoms with Crippen LogP contribution in [0.3, 0.4) is 0 Å². The molecule has 0 bridgehead atoms. The fourth-order valence-electron chi connectivity index (χ4n) is 8.46. The molecular formula is C73H118O6. The van der Waals surface area contributed by atoms with Crippen LogP contribution in [-0.4, -0.2) is 37.2 Å². The Balaban J connectivity index is 4.39. The molecular weight excluding hydrogens is 973 g/mol. The van der Waals surface area contributed by atoms with Crippen molar-refractivity contribution in [1.82, 2.24) is 0 Å². The molecule has 0 aliphatic heterocycles. The highest BCUT2D eigenvalue weighted by molar-refractivity contribution is 5.71. The molecule has 79 heavy (non-hydrogen) atoms. The maximum atomic E-state index is 12.9. The summed E-state index contributed by atoms with van der Waals surface area (Å²) in [5, 5.41) is 0. The molecule has 0 aromatic carbocycles. The number of ether oxygens (including phenoxy) is 3. The summed E-state index contributed by atoms with van der Waals surface area (Å²) in [6.07, 6.45) is 94.3. The molecule has 1 atom stereocenters. The number of hydrogen-bond acceptors (Lipinski definition) is 6. The number of hydrogen-bond donors (Lipinski definition) is 0. The van der Waals surface area contributed by atoms with E-state index in [1.165, 1.54) is 89.9 Å². The molecule has 6 heteroatoms. The van der Waals surface area contributed by atoms with Crippen molar-refractivity contribution in [3.05, 3.63) is 146 Å². The largest absolute Gasteiger partial charge is 0.462 e. The molecule has 0 aliphatic rings. The summed E-state index contributed by atoms with van der Waals surface area (Å²) < 4.78 is 16.8. The molecule has 0 rings (SSSR count). The number of carbonyl (C=O) groups excluding carboxylic acids is 3. The molecule has 0 aromatic rings. The monoisotopic (exact) mass is 1090 g/mol. The first kappa shape index (κ1) is 74.3. The van der Waals surface area contributed by atoms with E-state index in [1.807, 2.05) is 0 Å². The lowest BCUT2D eigenvalue weighted by molar-refractivity contribution is -0.167. The molecule has 0 aromatic heterocycles. The number of allylic oxidation sites excluding steroid dienone is 24. The first-order valence-corrected chi connectivity index (χ1v) is 32.3. The molecule has 6 nitrogen and oxygen atoms in total. The van der Waals surface area contributed by atoms with Gasteiger partial charge in [0, 0.05) is 19.3 Å². The maximum Gasteiger partial charge on any atom is 0.306 e. The van der Waals surface area contributed by atoms with Crippen molar-refractivity contribution in [3.63, 3.8) is 0 Å². The van der Waals surface area contributed by atoms with Crippen molar-refractivity contribution in [1.29, 1.82) is 0 Å². The predicted octanol–water partition coefficient (Wildman–Crippen LogP) is 22.3. The van der Waals surface area contributed by atoms with Gasteiger partial charge in [-0.25, -0.2) is 0 Å². The van der Waals surface area contributed by atoms with Gasteiger partial charge >= 0.3 is 17.9 Å². The number of esters is 3. The minimum absolute atomic E-state index is 0.103. The lowest BCUT2D eigenvalue weighted by Crippen LogP contribution is -2.30. The SMILES string of the molecule is CC/C=C\C/C=C\C/C=C\C/C=C\C/C=C\C/C=C\C/C=C\C/C=C\C/C=C\C/C=C\CCCCC(=O)OCC(COC(=O)CCCCCCC/C=C\CCCCCCC)OC(=O)CCCCCCC/C=C\CCCCCCC. The van der Waals surface area contributed by atoms with Crippen molar-refractivity contribution in [2.75, 3.05) is 13.2 Å². The molecule has 0 aliphatic carbocycles. The first-order valence-electron chi connectivity index (χ1n) is 32.3. The van der Waals surface area contributed by atoms with E-state index in [1.54, 1.807) is 0 Å². The van der Waals surface area contributed by atoms with Crippen LogP contribution in [0.15, 0.2) is 146 Å². The Morgan fingerprint density at radius 2 is 0.494 bits per heavy atom. The van der Waals surface area contributed by atoms with Crippen molar-refractivity contribution >= 4 is 17.9 Å². The third-order valence-corrected chi connectivity index (χ3v) is 13.3. The van der Waals surface area contributed by atoms with Crippen LogP contribution in [0.5, 0.6) is 0 Å². The maximum absolute atomic E-state index is 12.9. The van der Waals surface area contributed by atoms with E-state index in [0.717, 1.165) is 141 Å². The Morgan fingerprint density at radius 3 is 0.810 bits per heavy atom. The number of carbonyl (C=O) groups is 3. The summed E-state index contributed by atoms with van der Waals surface area (Å²) in [6, 6.07) is 0. The first-order chi connectivity index (χ1) is 39.0. The van der Waals surface area contributed by atoms with Crippen LogP contribution in [-0.2, 0) is 28.6 Å². The van der Waals surface area contributed by atoms with Crippen LogP contribution in [0.25, 0.3) is 0 Å². The molecule has 446 valence electrons. The van der Waals surface area contributed by atoms with Crippen molar-refractivity contribution in [3.8, 4) is 0 Å². The second-order valence-corrected chi connectivity index (χ2v) is 20.9. The summed E-state index contributed by atoms with van der Waals surface area (Å²) >= 11 is 0. The quantitative estimate of drug-likeness (QED) is 0.0261. The van der Waals surface area contributed by atoms with E-state index in [2.05, 4.69) is 167 Å². The Bertz CT molecular complexity index is 1730. The van der Waals surface area contributed by atoms with Crippen LogP contribution in [0, 0.1) is 0 Å². The Labute approximate surface area is 487 Å². The van der Waals surface area contributed by atoms with E-state index in [4.69, 9.17) is 14.2 Å². The fraction of sp³-hybridized carbons (Fsp3) is 0.630. The van der Waals surface area contributed by atoms with E-state index < -0.39 is 6.10 Å². The van der Waals surface area contributed by atoms with Crippen molar-refractivity contribution < 1.29 is 28.6 Å². The zero-order valence-electron chi connectivity index (χ0n) is 51.1. The van der Waals surface area contributed by atoms with Crippen LogP contribution in [0.1, 0.15) is 278 Å². The topological polar surface area (TPSA) is 78.9 Å². The Hall–Kier alpha value is -4.71. The summed E-state index contributed by atoms with van der Waals surface area (Å²) in [5.41, 5.74) is 0. The minimum atomic E-state index is -0.809. The van der Waals surface area contributed by atoms with E-state index in [0.29, 0.717) is 25.7 Å². The lowest BCUT2D eigenvalue weighted by atomic mass is 10.1. The highest BCUT2D eigenvalue weighted by Gasteiger charge is 2.19. The zero-order valence-corrected chi connectivity index (χ0v) is 51.1. The molecule has 0 saturated heterocycles. The van der Waals surface area contributed by atoms with E-state index >= 15 is 0 Å². The second-order valence-electron chi connectivity index (χ2n) is 20.9. The predicted molar refractivity (Wildman–Crippen MR) is 343 cm³/mol. The van der Waals surface area contributed by atoms with E-state index in [-0.39, 0.29) is 31.1 Å². The zero-order chi connectivity index (χ0) is 57.1. The normalized spacial score (nSPS) is 13.1. The van der Waals surface area contributed by atoms with Crippen LogP contribution in [0.2, 0.25) is 0 Å². The molecule has 0 saturated carbocycles. The fourth-order valence-corrected chi connectivity index (χ4v) is 8.46. The van der Waals surface area contributed by atoms with Gasteiger partial charge < -0.3 is 14.2 Å². The molecule has 0 amide bonds. The van der Waals surface area contributed by atoms with Gasteiger partial charge in [0.2, 0.25) is 0 Å². The average Bonchev–Trinajstić information content (AvgIpc) is 3.45. The van der Waals surface area contributed by atoms with Crippen LogP contribution in [0.4, 0.5) is 0 Å². The number of unbranched alkanes of at least 4 members (excludes halogenated alkanes) is 22. The molecule has 0 radical (unpaired) electrons. The Morgan fingerprint density at radius 1 is 0.266 bits per heavy atom. The van der Waals surface area contributed by atoms with Crippen molar-refractivity contribution in [2.45, 2.75) is 284 Å². The van der Waals surface area contributed by atoms with Gasteiger partial charge in [-0.2, -0.15) is 0 Å². The standard InChI is InChI=1S/C73H118O6/c1-4-7-10-13-16-19-22-25-28-29-30-31-32-33-34-35-36-37-38-39-40-41-42-43-44-45-46-49-51-54-57-60-63-66-72(75)78-69-70(79-73(76)67-64-61-58-55-52-48-27-24-21-18-15-12-9-6-3)68-77-71(74)65-62-59-56-53-50-47-26-23-20-17-14-11-8-5-2/h7,10,16,19,23-28,30-31,33-34,36-37,39-40,42-43,45-46,51,54,70H,4-6,8-9,11-15,17-18,20-22,29,32,35,38,41,44,47-50,52-53,55-69H2,1-3H3/b10-7-,19-16-,26-23-,27-24-,28-25-,31-30-,34-33-,37-36-,40-39-,43-42-,46-45-,54-51-. The molecule has 1 unspecified atom stereocenters. The van der Waals surface area contributed by atoms with Crippen LogP contribution >= 0.6 is 0 Å². The molecule has 0 spiro atoms. The van der Waals surface area contributed by atoms with Gasteiger partial charge in [0.05, 0.1) is 0 Å². The summed E-state index contributed by atoms with van der Waals surface area (Å²) in [7, 11) is 0. The Kier molecular flexibility index (Phi) is 61.9. The molecule has 0 N–H and O–H groups in total. The van der Waals surface area contributed by atoms with Gasteiger partial charge in [-0.15, -0.1) is 0 Å². The summed E-state index contributed by atoms with van der Waals surface area (Å²) in [6.45, 7) is 6.46. The van der Waals surface area contributed by atoms with Gasteiger partial charge in [-0.3, -0.25) is 14.4 Å². The third-order valence-electron chi connectivity index (χ3n) is 13.3. The van der Waals surface area contributed by atoms with Crippen molar-refractivity contribution in [2.24, 2.45) is 0 Å². The molecule has 0 heterocycles. The van der Waals surface area contributed by atoms with Gasteiger partial charge in [0.15, 0.2) is 6.10 Å². The highest BCUT2D eigenvalue weighted by Crippen LogP contribution is 2.14. The average molecular weight is 1090 g/mol. The van der Waals surface area contributed by atoms with Gasteiger partial charge in [0.25, 0.3) is 0 Å². The van der Waals surface area contributed by atoms with Gasteiger partial charge in [-0.1, -0.05) is 256 Å². The molecule has 0 fully saturated rings. The van der Waals surface area contributed by atoms with E-state index in [9.17, 15) is 14.4 Å². The van der Waals surface area contributed by atoms with Gasteiger partial charge in [0.1, 0.15) is 13.2 Å². The lowest BCUT2D eigenvalue weighted by Gasteiger charge is -2.18. The van der Waals surface area contributed by atoms with Gasteiger partial charge in [-0.05, 0) is 148 Å². The number of rotatable bonds is 57. The summed E-state index contributed by atoms with van der Waals surface area (Å²) in [5.74, 6) is -0.966. The minimum Gasteiger partial charge on any atom is -0.462 e.